The summed E-state index contributed by atoms with van der Waals surface area (Å²) in [5.74, 6) is -0.0961. The van der Waals surface area contributed by atoms with Crippen molar-refractivity contribution in [2.75, 3.05) is 6.54 Å². The van der Waals surface area contributed by atoms with Crippen molar-refractivity contribution in [2.24, 2.45) is 0 Å². The molecule has 1 unspecified atom stereocenters. The molecule has 3 heteroatoms. The summed E-state index contributed by atoms with van der Waals surface area (Å²) in [5, 5.41) is 3.56. The van der Waals surface area contributed by atoms with Crippen LogP contribution in [0.3, 0.4) is 0 Å². The fourth-order valence-corrected chi connectivity index (χ4v) is 3.50. The van der Waals surface area contributed by atoms with Gasteiger partial charge in [0.15, 0.2) is 0 Å². The number of thiophene rings is 1. The van der Waals surface area contributed by atoms with Crippen molar-refractivity contribution >= 4 is 11.3 Å². The van der Waals surface area contributed by atoms with Gasteiger partial charge in [-0.25, -0.2) is 4.39 Å². The van der Waals surface area contributed by atoms with Crippen molar-refractivity contribution in [3.63, 3.8) is 0 Å². The number of halogens is 1. The molecule has 0 saturated carbocycles. The highest BCUT2D eigenvalue weighted by molar-refractivity contribution is 7.11. The quantitative estimate of drug-likeness (QED) is 0.751. The second kappa shape index (κ2) is 8.30. The Morgan fingerprint density at radius 2 is 1.81 bits per heavy atom. The van der Waals surface area contributed by atoms with Crippen LogP contribution in [-0.4, -0.2) is 12.6 Å². The second-order valence-electron chi connectivity index (χ2n) is 5.37. The molecule has 0 aliphatic carbocycles. The molecule has 1 aromatic carbocycles. The van der Waals surface area contributed by atoms with Gasteiger partial charge in [-0.05, 0) is 56.0 Å². The summed E-state index contributed by atoms with van der Waals surface area (Å²) in [6, 6.07) is 11.8. The molecule has 0 radical (unpaired) electrons. The molecule has 1 N–H and O–H groups in total. The lowest BCUT2D eigenvalue weighted by atomic mass is 10.0. The molecular weight excluding hydrogens is 281 g/mol. The molecule has 1 aromatic heterocycles. The molecule has 1 heterocycles. The van der Waals surface area contributed by atoms with Gasteiger partial charge in [0.25, 0.3) is 0 Å². The smallest absolute Gasteiger partial charge is 0.126 e. The number of hydrogen-bond acceptors (Lipinski definition) is 2. The summed E-state index contributed by atoms with van der Waals surface area (Å²) in [5.41, 5.74) is 0.804. The fourth-order valence-electron chi connectivity index (χ4n) is 2.46. The number of aryl methyl sites for hydroxylation is 1. The lowest BCUT2D eigenvalue weighted by molar-refractivity contribution is 0.494. The first-order valence-electron chi connectivity index (χ1n) is 7.77. The van der Waals surface area contributed by atoms with Gasteiger partial charge in [-0.1, -0.05) is 32.0 Å². The van der Waals surface area contributed by atoms with Crippen LogP contribution in [0.25, 0.3) is 0 Å². The molecule has 2 rings (SSSR count). The molecule has 2 aromatic rings. The molecule has 21 heavy (non-hydrogen) atoms. The summed E-state index contributed by atoms with van der Waals surface area (Å²) in [6.45, 7) is 5.32. The predicted molar refractivity (Wildman–Crippen MR) is 89.6 cm³/mol. The fraction of sp³-hybridized carbons (Fsp3) is 0.444. The molecule has 1 nitrogen and oxygen atoms in total. The molecule has 0 aliphatic rings. The standard InChI is InChI=1S/C18H24FNS/c1-3-11-20-15(12-14-7-5-6-8-18(14)19)13-17-10-9-16(4-2)21-17/h5-10,15,20H,3-4,11-13H2,1-2H3. The first-order chi connectivity index (χ1) is 10.2. The summed E-state index contributed by atoms with van der Waals surface area (Å²) in [4.78, 5) is 2.81. The van der Waals surface area contributed by atoms with Crippen molar-refractivity contribution in [1.29, 1.82) is 0 Å². The van der Waals surface area contributed by atoms with Gasteiger partial charge < -0.3 is 5.32 Å². The second-order valence-corrected chi connectivity index (χ2v) is 6.63. The Morgan fingerprint density at radius 1 is 1.05 bits per heavy atom. The van der Waals surface area contributed by atoms with Gasteiger partial charge in [-0.2, -0.15) is 0 Å². The van der Waals surface area contributed by atoms with Gasteiger partial charge in [0.2, 0.25) is 0 Å². The molecule has 0 spiro atoms. The largest absolute Gasteiger partial charge is 0.313 e. The summed E-state index contributed by atoms with van der Waals surface area (Å²) < 4.78 is 13.8. The molecule has 114 valence electrons. The Kier molecular flexibility index (Phi) is 6.40. The monoisotopic (exact) mass is 305 g/mol. The lowest BCUT2D eigenvalue weighted by Crippen LogP contribution is -2.33. The minimum Gasteiger partial charge on any atom is -0.313 e. The van der Waals surface area contributed by atoms with Crippen LogP contribution in [0.5, 0.6) is 0 Å². The van der Waals surface area contributed by atoms with Gasteiger partial charge in [0.1, 0.15) is 5.82 Å². The normalized spacial score (nSPS) is 12.5. The van der Waals surface area contributed by atoms with E-state index in [9.17, 15) is 4.39 Å². The van der Waals surface area contributed by atoms with E-state index in [1.54, 1.807) is 12.1 Å². The number of rotatable bonds is 8. The van der Waals surface area contributed by atoms with Gasteiger partial charge in [-0.3, -0.25) is 0 Å². The van der Waals surface area contributed by atoms with E-state index in [-0.39, 0.29) is 5.82 Å². The first-order valence-corrected chi connectivity index (χ1v) is 8.59. The van der Waals surface area contributed by atoms with Crippen molar-refractivity contribution in [2.45, 2.75) is 45.6 Å². The van der Waals surface area contributed by atoms with Crippen molar-refractivity contribution in [3.8, 4) is 0 Å². The maximum atomic E-state index is 13.8. The molecule has 0 aliphatic heterocycles. The van der Waals surface area contributed by atoms with Crippen LogP contribution in [0.4, 0.5) is 4.39 Å². The highest BCUT2D eigenvalue weighted by Gasteiger charge is 2.13. The Labute approximate surface area is 131 Å². The molecular formula is C18H24FNS. The van der Waals surface area contributed by atoms with E-state index in [1.165, 1.54) is 9.75 Å². The van der Waals surface area contributed by atoms with E-state index in [4.69, 9.17) is 0 Å². The van der Waals surface area contributed by atoms with E-state index in [2.05, 4.69) is 31.3 Å². The Bertz CT molecular complexity index is 550. The topological polar surface area (TPSA) is 12.0 Å². The van der Waals surface area contributed by atoms with Crippen LogP contribution in [0.1, 0.15) is 35.6 Å². The predicted octanol–water partition coefficient (Wildman–Crippen LogP) is 4.60. The third-order valence-electron chi connectivity index (χ3n) is 3.62. The maximum absolute atomic E-state index is 13.8. The van der Waals surface area contributed by atoms with E-state index in [0.29, 0.717) is 6.04 Å². The van der Waals surface area contributed by atoms with Crippen LogP contribution in [-0.2, 0) is 19.3 Å². The average Bonchev–Trinajstić information content (AvgIpc) is 2.94. The number of benzene rings is 1. The third-order valence-corrected chi connectivity index (χ3v) is 4.87. The number of nitrogens with one attached hydrogen (secondary N) is 1. The summed E-state index contributed by atoms with van der Waals surface area (Å²) in [7, 11) is 0. The van der Waals surface area contributed by atoms with Crippen molar-refractivity contribution in [1.82, 2.24) is 5.32 Å². The summed E-state index contributed by atoms with van der Waals surface area (Å²) >= 11 is 1.88. The van der Waals surface area contributed by atoms with Crippen molar-refractivity contribution < 1.29 is 4.39 Å². The zero-order chi connectivity index (χ0) is 15.1. The Hall–Kier alpha value is -1.19. The molecule has 0 fully saturated rings. The molecule has 0 bridgehead atoms. The Morgan fingerprint density at radius 3 is 2.48 bits per heavy atom. The molecule has 1 atom stereocenters. The zero-order valence-electron chi connectivity index (χ0n) is 12.9. The van der Waals surface area contributed by atoms with Crippen LogP contribution in [0.2, 0.25) is 0 Å². The average molecular weight is 305 g/mol. The SMILES string of the molecule is CCCNC(Cc1ccc(CC)s1)Cc1ccccc1F. The van der Waals surface area contributed by atoms with Gasteiger partial charge >= 0.3 is 0 Å². The van der Waals surface area contributed by atoms with E-state index < -0.39 is 0 Å². The van der Waals surface area contributed by atoms with Gasteiger partial charge in [0, 0.05) is 15.8 Å². The minimum atomic E-state index is -0.0961. The van der Waals surface area contributed by atoms with E-state index in [0.717, 1.165) is 37.8 Å². The summed E-state index contributed by atoms with van der Waals surface area (Å²) in [6.07, 6.45) is 3.90. The van der Waals surface area contributed by atoms with Gasteiger partial charge in [-0.15, -0.1) is 11.3 Å². The molecule has 0 saturated heterocycles. The van der Waals surface area contributed by atoms with Gasteiger partial charge in [0.05, 0.1) is 0 Å². The van der Waals surface area contributed by atoms with Crippen LogP contribution in [0, 0.1) is 5.82 Å². The van der Waals surface area contributed by atoms with Crippen LogP contribution < -0.4 is 5.32 Å². The van der Waals surface area contributed by atoms with Crippen LogP contribution >= 0.6 is 11.3 Å². The zero-order valence-corrected chi connectivity index (χ0v) is 13.7. The minimum absolute atomic E-state index is 0.0961. The molecule has 0 amide bonds. The highest BCUT2D eigenvalue weighted by Crippen LogP contribution is 2.20. The first kappa shape index (κ1) is 16.2. The number of hydrogen-bond donors (Lipinski definition) is 1. The lowest BCUT2D eigenvalue weighted by Gasteiger charge is -2.18. The highest BCUT2D eigenvalue weighted by atomic mass is 32.1. The van der Waals surface area contributed by atoms with E-state index >= 15 is 0 Å². The Balaban J connectivity index is 2.05. The van der Waals surface area contributed by atoms with Crippen molar-refractivity contribution in [3.05, 3.63) is 57.5 Å². The van der Waals surface area contributed by atoms with Crippen LogP contribution in [0.15, 0.2) is 36.4 Å². The maximum Gasteiger partial charge on any atom is 0.126 e. The third kappa shape index (κ3) is 4.94. The van der Waals surface area contributed by atoms with E-state index in [1.807, 2.05) is 23.5 Å².